The summed E-state index contributed by atoms with van der Waals surface area (Å²) < 4.78 is 0. The maximum Gasteiger partial charge on any atom is 0.241 e. The average molecular weight is 298 g/mol. The van der Waals surface area contributed by atoms with Crippen LogP contribution in [-0.2, 0) is 6.42 Å². The third-order valence-electron chi connectivity index (χ3n) is 1.90. The monoisotopic (exact) mass is 296 g/mol. The van der Waals surface area contributed by atoms with Crippen molar-refractivity contribution >= 4 is 45.5 Å². The lowest BCUT2D eigenvalue weighted by molar-refractivity contribution is 0.926. The predicted octanol–water partition coefficient (Wildman–Crippen LogP) is 3.69. The maximum absolute atomic E-state index is 5.97. The van der Waals surface area contributed by atoms with Gasteiger partial charge in [0.25, 0.3) is 0 Å². The second-order valence-corrected chi connectivity index (χ2v) is 8.69. The molecule has 0 aliphatic rings. The smallest absolute Gasteiger partial charge is 0.150 e. The van der Waals surface area contributed by atoms with Crippen molar-refractivity contribution in [3.8, 4) is 0 Å². The van der Waals surface area contributed by atoms with Gasteiger partial charge >= 0.3 is 0 Å². The first-order valence-corrected chi connectivity index (χ1v) is 9.40. The van der Waals surface area contributed by atoms with Crippen LogP contribution in [0.1, 0.15) is 5.56 Å². The Labute approximate surface area is 98.4 Å². The number of hydrogen-bond donors (Lipinski definition) is 0. The van der Waals surface area contributed by atoms with E-state index in [9.17, 15) is 0 Å². The molecule has 72 valence electrons. The highest BCUT2D eigenvalue weighted by molar-refractivity contribution is 9.09. The summed E-state index contributed by atoms with van der Waals surface area (Å²) in [5.74, 6) is 0. The van der Waals surface area contributed by atoms with Crippen LogP contribution in [0.3, 0.4) is 0 Å². The summed E-state index contributed by atoms with van der Waals surface area (Å²) in [6.45, 7) is 0. The number of halogens is 3. The molecule has 1 atom stereocenters. The van der Waals surface area contributed by atoms with Crippen LogP contribution >= 0.6 is 38.1 Å². The first-order chi connectivity index (χ1) is 6.24. The minimum atomic E-state index is -1.56. The van der Waals surface area contributed by atoms with Crippen molar-refractivity contribution in [3.05, 3.63) is 35.9 Å². The van der Waals surface area contributed by atoms with Gasteiger partial charge in [-0.3, -0.25) is 0 Å². The van der Waals surface area contributed by atoms with Gasteiger partial charge in [-0.25, -0.2) is 0 Å². The van der Waals surface area contributed by atoms with Gasteiger partial charge in [-0.05, 0) is 17.5 Å². The Morgan fingerprint density at radius 1 is 1.23 bits per heavy atom. The van der Waals surface area contributed by atoms with Gasteiger partial charge in [-0.1, -0.05) is 46.3 Å². The first-order valence-electron chi connectivity index (χ1n) is 4.12. The molecule has 0 radical (unpaired) electrons. The summed E-state index contributed by atoms with van der Waals surface area (Å²) in [5.41, 5.74) is 1.73. The molecule has 0 fully saturated rings. The van der Waals surface area contributed by atoms with E-state index in [1.807, 2.05) is 18.2 Å². The zero-order valence-corrected chi connectivity index (χ0v) is 11.3. The normalized spacial score (nSPS) is 13.2. The van der Waals surface area contributed by atoms with E-state index in [1.165, 1.54) is 5.56 Å². The topological polar surface area (TPSA) is 0 Å². The zero-order chi connectivity index (χ0) is 9.68. The molecule has 1 aromatic carbocycles. The van der Waals surface area contributed by atoms with Crippen LogP contribution in [0.15, 0.2) is 30.3 Å². The lowest BCUT2D eigenvalue weighted by atomic mass is 10.1. The summed E-state index contributed by atoms with van der Waals surface area (Å²) in [5, 5.41) is 0.895. The third kappa shape index (κ3) is 4.02. The van der Waals surface area contributed by atoms with Crippen molar-refractivity contribution in [1.82, 2.24) is 0 Å². The van der Waals surface area contributed by atoms with Gasteiger partial charge in [0.05, 0.1) is 0 Å². The SMILES string of the molecule is Cl[SiH](Cl)C(CBr)Cc1ccccc1. The van der Waals surface area contributed by atoms with Crippen LogP contribution in [-0.4, -0.2) is 12.7 Å². The Balaban J connectivity index is 2.57. The summed E-state index contributed by atoms with van der Waals surface area (Å²) in [6.07, 6.45) is 0.982. The molecule has 0 heterocycles. The maximum atomic E-state index is 5.97. The van der Waals surface area contributed by atoms with Crippen molar-refractivity contribution in [1.29, 1.82) is 0 Å². The van der Waals surface area contributed by atoms with Crippen LogP contribution in [0.2, 0.25) is 5.54 Å². The van der Waals surface area contributed by atoms with Crippen molar-refractivity contribution in [2.24, 2.45) is 0 Å². The molecule has 1 aromatic rings. The second kappa shape index (κ2) is 6.07. The van der Waals surface area contributed by atoms with Crippen LogP contribution < -0.4 is 0 Å². The minimum Gasteiger partial charge on any atom is -0.150 e. The van der Waals surface area contributed by atoms with Crippen molar-refractivity contribution in [2.75, 3.05) is 5.33 Å². The van der Waals surface area contributed by atoms with Crippen LogP contribution in [0.25, 0.3) is 0 Å². The molecule has 0 nitrogen and oxygen atoms in total. The Morgan fingerprint density at radius 2 is 1.85 bits per heavy atom. The predicted molar refractivity (Wildman–Crippen MR) is 66.5 cm³/mol. The highest BCUT2D eigenvalue weighted by atomic mass is 79.9. The number of benzene rings is 1. The molecule has 0 aliphatic carbocycles. The van der Waals surface area contributed by atoms with E-state index >= 15 is 0 Å². The standard InChI is InChI=1S/C9H11BrCl2Si/c10-7-9(13(11)12)6-8-4-2-1-3-5-8/h1-5,9,13H,6-7H2. The molecule has 0 saturated carbocycles. The molecule has 0 spiro atoms. The van der Waals surface area contributed by atoms with E-state index in [0.29, 0.717) is 5.54 Å². The molecule has 0 aliphatic heterocycles. The van der Waals surface area contributed by atoms with Gasteiger partial charge in [0.2, 0.25) is 7.42 Å². The van der Waals surface area contributed by atoms with Crippen LogP contribution in [0, 0.1) is 0 Å². The van der Waals surface area contributed by atoms with E-state index < -0.39 is 7.42 Å². The molecular weight excluding hydrogens is 287 g/mol. The number of rotatable bonds is 4. The Bertz CT molecular complexity index is 241. The molecule has 0 amide bonds. The minimum absolute atomic E-state index is 0.422. The molecule has 1 unspecified atom stereocenters. The van der Waals surface area contributed by atoms with E-state index in [1.54, 1.807) is 0 Å². The van der Waals surface area contributed by atoms with Crippen LogP contribution in [0.5, 0.6) is 0 Å². The molecule has 0 aromatic heterocycles. The molecule has 0 N–H and O–H groups in total. The van der Waals surface area contributed by atoms with Crippen LogP contribution in [0.4, 0.5) is 0 Å². The molecule has 1 rings (SSSR count). The fourth-order valence-corrected chi connectivity index (χ4v) is 5.42. The highest BCUT2D eigenvalue weighted by Gasteiger charge is 2.17. The van der Waals surface area contributed by atoms with Gasteiger partial charge in [0.15, 0.2) is 0 Å². The van der Waals surface area contributed by atoms with Crippen molar-refractivity contribution < 1.29 is 0 Å². The lowest BCUT2D eigenvalue weighted by Crippen LogP contribution is -2.11. The molecule has 0 bridgehead atoms. The van der Waals surface area contributed by atoms with Gasteiger partial charge in [0, 0.05) is 5.33 Å². The fourth-order valence-electron chi connectivity index (χ4n) is 1.13. The highest BCUT2D eigenvalue weighted by Crippen LogP contribution is 2.24. The number of alkyl halides is 1. The quantitative estimate of drug-likeness (QED) is 0.452. The van der Waals surface area contributed by atoms with E-state index in [4.69, 9.17) is 22.2 Å². The van der Waals surface area contributed by atoms with Gasteiger partial charge in [-0.15, -0.1) is 0 Å². The van der Waals surface area contributed by atoms with Gasteiger partial charge in [0.1, 0.15) is 0 Å². The number of hydrogen-bond acceptors (Lipinski definition) is 0. The van der Waals surface area contributed by atoms with E-state index in [0.717, 1.165) is 11.8 Å². The van der Waals surface area contributed by atoms with Gasteiger partial charge < -0.3 is 0 Å². The van der Waals surface area contributed by atoms with Crippen molar-refractivity contribution in [3.63, 3.8) is 0 Å². The molecule has 13 heavy (non-hydrogen) atoms. The second-order valence-electron chi connectivity index (χ2n) is 2.94. The van der Waals surface area contributed by atoms with Gasteiger partial charge in [-0.2, -0.15) is 22.2 Å². The lowest BCUT2D eigenvalue weighted by Gasteiger charge is -2.13. The summed E-state index contributed by atoms with van der Waals surface area (Å²) in [7, 11) is -1.56. The largest absolute Gasteiger partial charge is 0.241 e. The van der Waals surface area contributed by atoms with E-state index in [-0.39, 0.29) is 0 Å². The van der Waals surface area contributed by atoms with E-state index in [2.05, 4.69) is 28.1 Å². The fraction of sp³-hybridized carbons (Fsp3) is 0.333. The Kier molecular flexibility index (Phi) is 5.40. The zero-order valence-electron chi connectivity index (χ0n) is 7.09. The first kappa shape index (κ1) is 11.6. The summed E-state index contributed by atoms with van der Waals surface area (Å²) in [4.78, 5) is 0. The average Bonchev–Trinajstić information content (AvgIpc) is 2.15. The summed E-state index contributed by atoms with van der Waals surface area (Å²) in [6, 6.07) is 10.3. The summed E-state index contributed by atoms with van der Waals surface area (Å²) >= 11 is 15.4. The Hall–Kier alpha value is 0.497. The molecule has 0 saturated heterocycles. The third-order valence-corrected chi connectivity index (χ3v) is 6.74. The molecular formula is C9H11BrCl2Si. The molecule has 4 heteroatoms. The van der Waals surface area contributed by atoms with Crippen molar-refractivity contribution in [2.45, 2.75) is 12.0 Å². The Morgan fingerprint density at radius 3 is 2.31 bits per heavy atom.